The van der Waals surface area contributed by atoms with E-state index in [4.69, 9.17) is 0 Å². The summed E-state index contributed by atoms with van der Waals surface area (Å²) in [5.41, 5.74) is 0. The molecule has 7 heteroatoms. The molecule has 0 radical (unpaired) electrons. The van der Waals surface area contributed by atoms with Crippen LogP contribution >= 0.6 is 0 Å². The molecule has 2 fully saturated rings. The zero-order valence-corrected chi connectivity index (χ0v) is 12.0. The topological polar surface area (TPSA) is 78.5 Å². The van der Waals surface area contributed by atoms with Crippen LogP contribution in [0.25, 0.3) is 0 Å². The predicted octanol–water partition coefficient (Wildman–Crippen LogP) is -1.02. The highest BCUT2D eigenvalue weighted by Gasteiger charge is 2.25. The van der Waals surface area contributed by atoms with Crippen molar-refractivity contribution in [3.8, 4) is 0 Å². The number of carbonyl (C=O) groups excluding carboxylic acids is 1. The summed E-state index contributed by atoms with van der Waals surface area (Å²) in [5, 5.41) is 6.26. The van der Waals surface area contributed by atoms with Crippen molar-refractivity contribution in [2.75, 3.05) is 44.2 Å². The van der Waals surface area contributed by atoms with Crippen molar-refractivity contribution in [1.29, 1.82) is 0 Å². The van der Waals surface area contributed by atoms with Crippen LogP contribution in [-0.2, 0) is 14.6 Å². The van der Waals surface area contributed by atoms with Gasteiger partial charge in [0.05, 0.1) is 18.1 Å². The van der Waals surface area contributed by atoms with Gasteiger partial charge in [-0.3, -0.25) is 9.69 Å². The summed E-state index contributed by atoms with van der Waals surface area (Å²) in [5.74, 6) is 0.420. The highest BCUT2D eigenvalue weighted by molar-refractivity contribution is 7.91. The zero-order chi connectivity index (χ0) is 13.7. The van der Waals surface area contributed by atoms with Crippen molar-refractivity contribution < 1.29 is 13.2 Å². The van der Waals surface area contributed by atoms with Gasteiger partial charge in [0.1, 0.15) is 9.84 Å². The minimum atomic E-state index is -2.85. The lowest BCUT2D eigenvalue weighted by molar-refractivity contribution is -0.123. The average molecular weight is 289 g/mol. The molecule has 0 saturated carbocycles. The fourth-order valence-electron chi connectivity index (χ4n) is 2.57. The number of hydrogen-bond acceptors (Lipinski definition) is 5. The van der Waals surface area contributed by atoms with Crippen LogP contribution in [0, 0.1) is 0 Å². The molecule has 0 aromatic rings. The van der Waals surface area contributed by atoms with Crippen molar-refractivity contribution in [3.63, 3.8) is 0 Å². The lowest BCUT2D eigenvalue weighted by Crippen LogP contribution is -2.45. The van der Waals surface area contributed by atoms with E-state index in [0.29, 0.717) is 19.4 Å². The third kappa shape index (κ3) is 5.08. The van der Waals surface area contributed by atoms with Gasteiger partial charge in [0.15, 0.2) is 0 Å². The summed E-state index contributed by atoms with van der Waals surface area (Å²) in [7, 11) is -2.85. The fourth-order valence-corrected chi connectivity index (χ4v) is 4.06. The number of nitrogens with zero attached hydrogens (tertiary/aromatic N) is 1. The van der Waals surface area contributed by atoms with Gasteiger partial charge in [-0.15, -0.1) is 0 Å². The lowest BCUT2D eigenvalue weighted by Gasteiger charge is -2.25. The molecular weight excluding hydrogens is 266 g/mol. The van der Waals surface area contributed by atoms with Gasteiger partial charge in [-0.05, 0) is 32.4 Å². The molecule has 0 bridgehead atoms. The number of sulfone groups is 1. The van der Waals surface area contributed by atoms with Crippen LogP contribution in [0.4, 0.5) is 0 Å². The largest absolute Gasteiger partial charge is 0.352 e. The summed E-state index contributed by atoms with van der Waals surface area (Å²) in [6.07, 6.45) is 2.17. The maximum atomic E-state index is 11.9. The van der Waals surface area contributed by atoms with Crippen LogP contribution in [-0.4, -0.2) is 69.5 Å². The van der Waals surface area contributed by atoms with E-state index < -0.39 is 9.84 Å². The van der Waals surface area contributed by atoms with E-state index >= 15 is 0 Å². The highest BCUT2D eigenvalue weighted by Crippen LogP contribution is 2.12. The summed E-state index contributed by atoms with van der Waals surface area (Å²) < 4.78 is 22.6. The lowest BCUT2D eigenvalue weighted by atomic mass is 10.1. The molecule has 2 aliphatic heterocycles. The molecule has 19 heavy (non-hydrogen) atoms. The van der Waals surface area contributed by atoms with E-state index in [1.54, 1.807) is 0 Å². The average Bonchev–Trinajstić information content (AvgIpc) is 2.60. The van der Waals surface area contributed by atoms with E-state index in [9.17, 15) is 13.2 Å². The Morgan fingerprint density at radius 1 is 1.21 bits per heavy atom. The quantitative estimate of drug-likeness (QED) is 0.695. The third-order valence-corrected chi connectivity index (χ3v) is 5.44. The van der Waals surface area contributed by atoms with Crippen LogP contribution in [0.15, 0.2) is 0 Å². The summed E-state index contributed by atoms with van der Waals surface area (Å²) in [4.78, 5) is 14.1. The van der Waals surface area contributed by atoms with Crippen molar-refractivity contribution in [2.24, 2.45) is 0 Å². The Morgan fingerprint density at radius 3 is 2.68 bits per heavy atom. The molecule has 110 valence electrons. The number of amides is 1. The van der Waals surface area contributed by atoms with Crippen LogP contribution in [0.2, 0.25) is 0 Å². The molecule has 0 aliphatic carbocycles. The standard InChI is InChI=1S/C12H23N3O3S/c16-12(10-15-6-1-4-13-5-7-15)14-11-2-8-19(17,18)9-3-11/h11,13H,1-10H2,(H,14,16). The van der Waals surface area contributed by atoms with Crippen LogP contribution in [0.1, 0.15) is 19.3 Å². The first-order valence-electron chi connectivity index (χ1n) is 6.98. The maximum absolute atomic E-state index is 11.9. The third-order valence-electron chi connectivity index (χ3n) is 3.72. The molecule has 2 aliphatic rings. The Kier molecular flexibility index (Phi) is 5.18. The molecule has 0 unspecified atom stereocenters. The maximum Gasteiger partial charge on any atom is 0.234 e. The van der Waals surface area contributed by atoms with Gasteiger partial charge in [-0.2, -0.15) is 0 Å². The molecule has 2 saturated heterocycles. The van der Waals surface area contributed by atoms with Gasteiger partial charge in [-0.1, -0.05) is 0 Å². The first-order valence-corrected chi connectivity index (χ1v) is 8.80. The van der Waals surface area contributed by atoms with E-state index in [-0.39, 0.29) is 23.5 Å². The van der Waals surface area contributed by atoms with Crippen molar-refractivity contribution in [2.45, 2.75) is 25.3 Å². The van der Waals surface area contributed by atoms with Gasteiger partial charge in [0, 0.05) is 19.1 Å². The fraction of sp³-hybridized carbons (Fsp3) is 0.917. The second-order valence-corrected chi connectivity index (χ2v) is 7.68. The van der Waals surface area contributed by atoms with E-state index in [0.717, 1.165) is 32.6 Å². The molecule has 2 heterocycles. The van der Waals surface area contributed by atoms with Crippen LogP contribution in [0.5, 0.6) is 0 Å². The minimum absolute atomic E-state index is 0.0196. The molecule has 0 aromatic heterocycles. The Morgan fingerprint density at radius 2 is 1.95 bits per heavy atom. The molecule has 6 nitrogen and oxygen atoms in total. The van der Waals surface area contributed by atoms with Crippen molar-refractivity contribution >= 4 is 15.7 Å². The molecule has 1 amide bonds. The van der Waals surface area contributed by atoms with Gasteiger partial charge in [0.25, 0.3) is 0 Å². The summed E-state index contributed by atoms with van der Waals surface area (Å²) in [6.45, 7) is 4.20. The summed E-state index contributed by atoms with van der Waals surface area (Å²) in [6, 6.07) is 0.0288. The van der Waals surface area contributed by atoms with Gasteiger partial charge in [-0.25, -0.2) is 8.42 Å². The van der Waals surface area contributed by atoms with Gasteiger partial charge < -0.3 is 10.6 Å². The number of rotatable bonds is 3. The van der Waals surface area contributed by atoms with E-state index in [1.165, 1.54) is 0 Å². The monoisotopic (exact) mass is 289 g/mol. The van der Waals surface area contributed by atoms with Crippen molar-refractivity contribution in [3.05, 3.63) is 0 Å². The molecule has 0 spiro atoms. The second kappa shape index (κ2) is 6.67. The first-order chi connectivity index (χ1) is 9.05. The Hall–Kier alpha value is -0.660. The Balaban J connectivity index is 1.72. The Bertz CT molecular complexity index is 388. The van der Waals surface area contributed by atoms with Crippen molar-refractivity contribution in [1.82, 2.24) is 15.5 Å². The number of hydrogen-bond donors (Lipinski definition) is 2. The number of nitrogens with one attached hydrogen (secondary N) is 2. The second-order valence-electron chi connectivity index (χ2n) is 5.37. The smallest absolute Gasteiger partial charge is 0.234 e. The Labute approximate surface area is 114 Å². The normalized spacial score (nSPS) is 25.7. The van der Waals surface area contributed by atoms with E-state index in [1.807, 2.05) is 0 Å². The van der Waals surface area contributed by atoms with Crippen LogP contribution < -0.4 is 10.6 Å². The highest BCUT2D eigenvalue weighted by atomic mass is 32.2. The molecule has 2 rings (SSSR count). The molecule has 0 atom stereocenters. The zero-order valence-electron chi connectivity index (χ0n) is 11.2. The first kappa shape index (κ1) is 14.7. The minimum Gasteiger partial charge on any atom is -0.352 e. The molecule has 2 N–H and O–H groups in total. The van der Waals surface area contributed by atoms with Gasteiger partial charge >= 0.3 is 0 Å². The SMILES string of the molecule is O=C(CN1CCCNCC1)NC1CCS(=O)(=O)CC1. The molecular formula is C12H23N3O3S. The van der Waals surface area contributed by atoms with Gasteiger partial charge in [0.2, 0.25) is 5.91 Å². The summed E-state index contributed by atoms with van der Waals surface area (Å²) >= 11 is 0. The van der Waals surface area contributed by atoms with E-state index in [2.05, 4.69) is 15.5 Å². The van der Waals surface area contributed by atoms with Crippen LogP contribution in [0.3, 0.4) is 0 Å². The predicted molar refractivity (Wildman–Crippen MR) is 73.7 cm³/mol. The number of carbonyl (C=O) groups is 1. The molecule has 0 aromatic carbocycles.